The molecular formula is C22H23ClN2O4S. The number of nitrogens with zero attached hydrogens (tertiary/aromatic N) is 1. The number of rotatable bonds is 8. The molecule has 0 fully saturated rings. The summed E-state index contributed by atoms with van der Waals surface area (Å²) in [4.78, 5) is 12.6. The van der Waals surface area contributed by atoms with E-state index in [1.165, 1.54) is 13.0 Å². The van der Waals surface area contributed by atoms with E-state index in [0.29, 0.717) is 16.5 Å². The van der Waals surface area contributed by atoms with Crippen LogP contribution in [0.3, 0.4) is 0 Å². The van der Waals surface area contributed by atoms with Crippen molar-refractivity contribution in [1.29, 1.82) is 0 Å². The van der Waals surface area contributed by atoms with Gasteiger partial charge in [-0.1, -0.05) is 48.0 Å². The number of anilines is 1. The van der Waals surface area contributed by atoms with Gasteiger partial charge in [0, 0.05) is 5.02 Å². The second-order valence-electron chi connectivity index (χ2n) is 6.86. The van der Waals surface area contributed by atoms with Crippen LogP contribution in [-0.2, 0) is 14.8 Å². The Balaban J connectivity index is 1.59. The van der Waals surface area contributed by atoms with Crippen molar-refractivity contribution in [2.24, 2.45) is 0 Å². The van der Waals surface area contributed by atoms with E-state index >= 15 is 0 Å². The average Bonchev–Trinajstić information content (AvgIpc) is 2.70. The van der Waals surface area contributed by atoms with E-state index in [9.17, 15) is 13.2 Å². The van der Waals surface area contributed by atoms with E-state index in [4.69, 9.17) is 16.3 Å². The number of carbonyl (C=O) groups excluding carboxylic acids is 1. The number of fused-ring (bicyclic) bond motifs is 1. The molecule has 3 aromatic carbocycles. The third kappa shape index (κ3) is 5.43. The first-order chi connectivity index (χ1) is 14.3. The molecule has 0 bridgehead atoms. The highest BCUT2D eigenvalue weighted by Gasteiger charge is 2.29. The van der Waals surface area contributed by atoms with E-state index in [1.54, 1.807) is 18.2 Å². The van der Waals surface area contributed by atoms with Gasteiger partial charge in [-0.05, 0) is 48.0 Å². The van der Waals surface area contributed by atoms with Crippen LogP contribution >= 0.6 is 11.6 Å². The number of benzene rings is 3. The molecule has 30 heavy (non-hydrogen) atoms. The maximum atomic E-state index is 12.6. The quantitative estimate of drug-likeness (QED) is 0.533. The molecule has 0 heterocycles. The van der Waals surface area contributed by atoms with Crippen molar-refractivity contribution < 1.29 is 17.9 Å². The normalized spacial score (nSPS) is 12.4. The summed E-state index contributed by atoms with van der Waals surface area (Å²) in [5.74, 6) is 0.273. The standard InChI is InChI=1S/C22H23ClN2O4S/c1-16(25(30(2,27)28)20-9-5-8-19(23)15-20)22(26)24-12-13-29-21-11-10-17-6-3-4-7-18(17)14-21/h3-11,14-16H,12-13H2,1-2H3,(H,24,26)/t16-/m1/s1. The zero-order valence-electron chi connectivity index (χ0n) is 16.7. The first kappa shape index (κ1) is 21.9. The van der Waals surface area contributed by atoms with Crippen LogP contribution in [0.25, 0.3) is 10.8 Å². The fraction of sp³-hybridized carbons (Fsp3) is 0.227. The van der Waals surface area contributed by atoms with Crippen LogP contribution in [-0.4, -0.2) is 39.8 Å². The number of ether oxygens (including phenoxy) is 1. The van der Waals surface area contributed by atoms with Crippen LogP contribution in [0.15, 0.2) is 66.7 Å². The number of nitrogens with one attached hydrogen (secondary N) is 1. The van der Waals surface area contributed by atoms with Gasteiger partial charge in [0.25, 0.3) is 0 Å². The maximum absolute atomic E-state index is 12.6. The van der Waals surface area contributed by atoms with Gasteiger partial charge in [-0.25, -0.2) is 8.42 Å². The molecule has 3 rings (SSSR count). The molecule has 0 spiro atoms. The van der Waals surface area contributed by atoms with Crippen LogP contribution in [0.2, 0.25) is 5.02 Å². The maximum Gasteiger partial charge on any atom is 0.243 e. The number of carbonyl (C=O) groups is 1. The van der Waals surface area contributed by atoms with E-state index in [2.05, 4.69) is 5.32 Å². The minimum absolute atomic E-state index is 0.239. The zero-order chi connectivity index (χ0) is 21.7. The molecule has 0 aliphatic heterocycles. The Bertz CT molecular complexity index is 1150. The summed E-state index contributed by atoms with van der Waals surface area (Å²) < 4.78 is 31.3. The van der Waals surface area contributed by atoms with Crippen molar-refractivity contribution in [1.82, 2.24) is 5.32 Å². The Labute approximate surface area is 181 Å². The van der Waals surface area contributed by atoms with Gasteiger partial charge in [0.05, 0.1) is 18.5 Å². The fourth-order valence-corrected chi connectivity index (χ4v) is 4.52. The minimum atomic E-state index is -3.69. The molecule has 3 aromatic rings. The first-order valence-corrected chi connectivity index (χ1v) is 11.6. The van der Waals surface area contributed by atoms with Crippen molar-refractivity contribution >= 4 is 44.0 Å². The van der Waals surface area contributed by atoms with Gasteiger partial charge in [-0.15, -0.1) is 0 Å². The summed E-state index contributed by atoms with van der Waals surface area (Å²) in [6.45, 7) is 2.03. The highest BCUT2D eigenvalue weighted by atomic mass is 35.5. The molecule has 0 aromatic heterocycles. The van der Waals surface area contributed by atoms with Gasteiger partial charge < -0.3 is 10.1 Å². The van der Waals surface area contributed by atoms with Crippen molar-refractivity contribution in [2.45, 2.75) is 13.0 Å². The van der Waals surface area contributed by atoms with Crippen LogP contribution in [0.4, 0.5) is 5.69 Å². The van der Waals surface area contributed by atoms with Crippen molar-refractivity contribution in [3.05, 3.63) is 71.8 Å². The SMILES string of the molecule is C[C@H](C(=O)NCCOc1ccc2ccccc2c1)N(c1cccc(Cl)c1)S(C)(=O)=O. The van der Waals surface area contributed by atoms with Gasteiger partial charge in [0.1, 0.15) is 18.4 Å². The lowest BCUT2D eigenvalue weighted by Crippen LogP contribution is -2.48. The summed E-state index contributed by atoms with van der Waals surface area (Å²) in [6.07, 6.45) is 1.06. The van der Waals surface area contributed by atoms with Crippen LogP contribution < -0.4 is 14.4 Å². The van der Waals surface area contributed by atoms with Gasteiger partial charge in [-0.2, -0.15) is 0 Å². The first-order valence-electron chi connectivity index (χ1n) is 9.40. The van der Waals surface area contributed by atoms with Gasteiger partial charge in [0.15, 0.2) is 0 Å². The van der Waals surface area contributed by atoms with Crippen LogP contribution in [0.5, 0.6) is 5.75 Å². The minimum Gasteiger partial charge on any atom is -0.492 e. The second-order valence-corrected chi connectivity index (χ2v) is 9.16. The third-order valence-corrected chi connectivity index (χ3v) is 6.02. The third-order valence-electron chi connectivity index (χ3n) is 4.54. The molecule has 0 unspecified atom stereocenters. The van der Waals surface area contributed by atoms with Crippen molar-refractivity contribution in [2.75, 3.05) is 23.7 Å². The van der Waals surface area contributed by atoms with E-state index in [0.717, 1.165) is 21.3 Å². The summed E-state index contributed by atoms with van der Waals surface area (Å²) >= 11 is 5.98. The van der Waals surface area contributed by atoms with Crippen molar-refractivity contribution in [3.63, 3.8) is 0 Å². The number of hydrogen-bond acceptors (Lipinski definition) is 4. The molecule has 0 saturated carbocycles. The smallest absolute Gasteiger partial charge is 0.243 e. The van der Waals surface area contributed by atoms with E-state index < -0.39 is 22.0 Å². The average molecular weight is 447 g/mol. The second kappa shape index (κ2) is 9.36. The molecule has 158 valence electrons. The molecule has 0 aliphatic carbocycles. The van der Waals surface area contributed by atoms with Crippen molar-refractivity contribution in [3.8, 4) is 5.75 Å². The molecule has 6 nitrogen and oxygen atoms in total. The topological polar surface area (TPSA) is 75.7 Å². The van der Waals surface area contributed by atoms with Crippen LogP contribution in [0.1, 0.15) is 6.92 Å². The fourth-order valence-electron chi connectivity index (χ4n) is 3.17. The number of amides is 1. The lowest BCUT2D eigenvalue weighted by Gasteiger charge is -2.28. The summed E-state index contributed by atoms with van der Waals surface area (Å²) in [6, 6.07) is 19.2. The molecule has 1 N–H and O–H groups in total. The summed E-state index contributed by atoms with van der Waals surface area (Å²) in [5.41, 5.74) is 0.333. The van der Waals surface area contributed by atoms with Crippen LogP contribution in [0, 0.1) is 0 Å². The predicted molar refractivity (Wildman–Crippen MR) is 121 cm³/mol. The Morgan fingerprint density at radius 3 is 2.50 bits per heavy atom. The number of hydrogen-bond donors (Lipinski definition) is 1. The zero-order valence-corrected chi connectivity index (χ0v) is 18.3. The highest BCUT2D eigenvalue weighted by Crippen LogP contribution is 2.24. The Kier molecular flexibility index (Phi) is 6.84. The Morgan fingerprint density at radius 2 is 1.80 bits per heavy atom. The monoisotopic (exact) mass is 446 g/mol. The molecule has 8 heteroatoms. The van der Waals surface area contributed by atoms with E-state index in [-0.39, 0.29) is 13.2 Å². The summed E-state index contributed by atoms with van der Waals surface area (Å²) in [7, 11) is -3.69. The lowest BCUT2D eigenvalue weighted by atomic mass is 10.1. The largest absolute Gasteiger partial charge is 0.492 e. The molecule has 0 saturated heterocycles. The number of halogens is 1. The number of sulfonamides is 1. The van der Waals surface area contributed by atoms with Gasteiger partial charge in [0.2, 0.25) is 15.9 Å². The molecular weight excluding hydrogens is 424 g/mol. The van der Waals surface area contributed by atoms with E-state index in [1.807, 2.05) is 42.5 Å². The highest BCUT2D eigenvalue weighted by molar-refractivity contribution is 7.92. The molecule has 0 radical (unpaired) electrons. The summed E-state index contributed by atoms with van der Waals surface area (Å²) in [5, 5.41) is 5.30. The lowest BCUT2D eigenvalue weighted by molar-refractivity contribution is -0.121. The van der Waals surface area contributed by atoms with Gasteiger partial charge >= 0.3 is 0 Å². The Hall–Kier alpha value is -2.77. The molecule has 1 amide bonds. The van der Waals surface area contributed by atoms with Gasteiger partial charge in [-0.3, -0.25) is 9.10 Å². The Morgan fingerprint density at radius 1 is 1.07 bits per heavy atom. The molecule has 1 atom stereocenters. The molecule has 0 aliphatic rings. The predicted octanol–water partition coefficient (Wildman–Crippen LogP) is 3.84.